The van der Waals surface area contributed by atoms with Gasteiger partial charge in [-0.05, 0) is 53.6 Å². The van der Waals surface area contributed by atoms with Crippen LogP contribution in [0, 0.1) is 0 Å². The van der Waals surface area contributed by atoms with Crippen LogP contribution in [0.25, 0.3) is 6.08 Å². The van der Waals surface area contributed by atoms with E-state index >= 15 is 0 Å². The third kappa shape index (κ3) is 6.71. The van der Waals surface area contributed by atoms with Gasteiger partial charge in [-0.15, -0.1) is 0 Å². The third-order valence-electron chi connectivity index (χ3n) is 4.35. The molecule has 0 heterocycles. The van der Waals surface area contributed by atoms with Crippen molar-refractivity contribution in [2.24, 2.45) is 0 Å². The lowest BCUT2D eigenvalue weighted by atomic mass is 10.1. The third-order valence-corrected chi connectivity index (χ3v) is 5.37. The minimum Gasteiger partial charge on any atom is -0.348 e. The molecule has 0 unspecified atom stereocenters. The van der Waals surface area contributed by atoms with E-state index in [1.807, 2.05) is 6.07 Å². The fourth-order valence-electron chi connectivity index (χ4n) is 2.76. The number of sulfonamides is 1. The Morgan fingerprint density at radius 1 is 0.906 bits per heavy atom. The lowest BCUT2D eigenvalue weighted by Crippen LogP contribution is -2.23. The number of benzene rings is 3. The lowest BCUT2D eigenvalue weighted by Gasteiger charge is -2.10. The Bertz CT molecular complexity index is 1210. The molecule has 3 aromatic rings. The summed E-state index contributed by atoms with van der Waals surface area (Å²) in [6, 6.07) is 19.3. The summed E-state index contributed by atoms with van der Waals surface area (Å²) in [5.74, 6) is -0.499. The maximum absolute atomic E-state index is 12.8. The predicted molar refractivity (Wildman–Crippen MR) is 117 cm³/mol. The Kier molecular flexibility index (Phi) is 6.99. The zero-order chi connectivity index (χ0) is 23.2. The van der Waals surface area contributed by atoms with E-state index in [0.717, 1.165) is 23.1 Å². The molecule has 0 aliphatic rings. The molecule has 0 saturated heterocycles. The van der Waals surface area contributed by atoms with Crippen molar-refractivity contribution in [3.63, 3.8) is 0 Å². The minimum absolute atomic E-state index is 0.0819. The normalized spacial score (nSPS) is 12.0. The van der Waals surface area contributed by atoms with Gasteiger partial charge < -0.3 is 5.32 Å². The van der Waals surface area contributed by atoms with Gasteiger partial charge in [0.2, 0.25) is 0 Å². The molecular weight excluding hydrogens is 441 g/mol. The Morgan fingerprint density at radius 2 is 1.59 bits per heavy atom. The standard InChI is InChI=1S/C23H19F3N2O3S/c24-23(25,26)20-8-4-7-18(15-20)16-27-22(29)19-9-11-21(12-10-19)28-32(30,31)14-13-17-5-2-1-3-6-17/h1-15,28H,16H2,(H,27,29). The van der Waals surface area contributed by atoms with Crippen LogP contribution in [-0.4, -0.2) is 14.3 Å². The molecule has 32 heavy (non-hydrogen) atoms. The van der Waals surface area contributed by atoms with E-state index in [-0.39, 0.29) is 17.8 Å². The topological polar surface area (TPSA) is 75.3 Å². The number of hydrogen-bond donors (Lipinski definition) is 2. The summed E-state index contributed by atoms with van der Waals surface area (Å²) >= 11 is 0. The highest BCUT2D eigenvalue weighted by Gasteiger charge is 2.30. The largest absolute Gasteiger partial charge is 0.416 e. The molecule has 0 fully saturated rings. The van der Waals surface area contributed by atoms with E-state index in [9.17, 15) is 26.4 Å². The summed E-state index contributed by atoms with van der Waals surface area (Å²) in [5, 5.41) is 3.58. The number of rotatable bonds is 7. The molecule has 3 rings (SSSR count). The number of amides is 1. The first-order valence-corrected chi connectivity index (χ1v) is 11.0. The molecule has 166 valence electrons. The van der Waals surface area contributed by atoms with Crippen molar-refractivity contribution in [1.29, 1.82) is 0 Å². The summed E-state index contributed by atoms with van der Waals surface area (Å²) < 4.78 is 65.1. The lowest BCUT2D eigenvalue weighted by molar-refractivity contribution is -0.137. The molecule has 0 bridgehead atoms. The molecule has 0 atom stereocenters. The van der Waals surface area contributed by atoms with Crippen LogP contribution in [0.3, 0.4) is 0 Å². The monoisotopic (exact) mass is 460 g/mol. The van der Waals surface area contributed by atoms with Crippen molar-refractivity contribution in [1.82, 2.24) is 5.32 Å². The summed E-state index contributed by atoms with van der Waals surface area (Å²) in [4.78, 5) is 12.3. The number of anilines is 1. The Hall–Kier alpha value is -3.59. The van der Waals surface area contributed by atoms with Crippen molar-refractivity contribution >= 4 is 27.7 Å². The van der Waals surface area contributed by atoms with Gasteiger partial charge in [0.05, 0.1) is 11.0 Å². The van der Waals surface area contributed by atoms with Crippen LogP contribution in [0.2, 0.25) is 0 Å². The SMILES string of the molecule is O=C(NCc1cccc(C(F)(F)F)c1)c1ccc(NS(=O)(=O)C=Cc2ccccc2)cc1. The van der Waals surface area contributed by atoms with Gasteiger partial charge in [0.15, 0.2) is 0 Å². The first-order valence-electron chi connectivity index (χ1n) is 9.43. The molecule has 3 aromatic carbocycles. The molecule has 0 spiro atoms. The predicted octanol–water partition coefficient (Wildman–Crippen LogP) is 5.05. The first kappa shape index (κ1) is 23.1. The maximum atomic E-state index is 12.8. The Morgan fingerprint density at radius 3 is 2.25 bits per heavy atom. The molecule has 0 aromatic heterocycles. The highest BCUT2D eigenvalue weighted by atomic mass is 32.2. The van der Waals surface area contributed by atoms with Gasteiger partial charge in [0, 0.05) is 17.8 Å². The van der Waals surface area contributed by atoms with Crippen LogP contribution in [0.1, 0.15) is 27.0 Å². The summed E-state index contributed by atoms with van der Waals surface area (Å²) in [7, 11) is -3.75. The number of alkyl halides is 3. The molecule has 0 saturated carbocycles. The van der Waals surface area contributed by atoms with Crippen LogP contribution < -0.4 is 10.0 Å². The van der Waals surface area contributed by atoms with Crippen molar-refractivity contribution in [3.05, 3.63) is 107 Å². The van der Waals surface area contributed by atoms with Gasteiger partial charge in [-0.1, -0.05) is 42.5 Å². The van der Waals surface area contributed by atoms with Gasteiger partial charge in [-0.2, -0.15) is 13.2 Å². The van der Waals surface area contributed by atoms with Gasteiger partial charge in [-0.25, -0.2) is 8.42 Å². The van der Waals surface area contributed by atoms with Crippen LogP contribution in [0.4, 0.5) is 18.9 Å². The zero-order valence-corrected chi connectivity index (χ0v) is 17.5. The van der Waals surface area contributed by atoms with E-state index in [2.05, 4.69) is 10.0 Å². The highest BCUT2D eigenvalue weighted by molar-refractivity contribution is 7.95. The summed E-state index contributed by atoms with van der Waals surface area (Å²) in [6.07, 6.45) is -3.00. The average molecular weight is 460 g/mol. The van der Waals surface area contributed by atoms with Crippen molar-refractivity contribution < 1.29 is 26.4 Å². The van der Waals surface area contributed by atoms with E-state index < -0.39 is 27.7 Å². The molecule has 2 N–H and O–H groups in total. The number of carbonyl (C=O) groups excluding carboxylic acids is 1. The number of halogens is 3. The second-order valence-corrected chi connectivity index (χ2v) is 8.38. The zero-order valence-electron chi connectivity index (χ0n) is 16.6. The molecule has 0 radical (unpaired) electrons. The van der Waals surface area contributed by atoms with E-state index in [1.165, 1.54) is 42.5 Å². The fourth-order valence-corrected chi connectivity index (χ4v) is 3.63. The first-order chi connectivity index (χ1) is 15.1. The summed E-state index contributed by atoms with van der Waals surface area (Å²) in [6.45, 7) is -0.0819. The fraction of sp³-hybridized carbons (Fsp3) is 0.0870. The van der Waals surface area contributed by atoms with Gasteiger partial charge in [0.25, 0.3) is 15.9 Å². The number of nitrogens with one attached hydrogen (secondary N) is 2. The van der Waals surface area contributed by atoms with Crippen molar-refractivity contribution in [2.75, 3.05) is 4.72 Å². The molecule has 9 heteroatoms. The average Bonchev–Trinajstić information content (AvgIpc) is 2.77. The molecule has 0 aliphatic heterocycles. The van der Waals surface area contributed by atoms with E-state index in [1.54, 1.807) is 24.3 Å². The van der Waals surface area contributed by atoms with Crippen LogP contribution in [0.5, 0.6) is 0 Å². The molecule has 5 nitrogen and oxygen atoms in total. The molecular formula is C23H19F3N2O3S. The van der Waals surface area contributed by atoms with E-state index in [4.69, 9.17) is 0 Å². The quantitative estimate of drug-likeness (QED) is 0.518. The summed E-state index contributed by atoms with van der Waals surface area (Å²) in [5.41, 5.74) is 0.743. The van der Waals surface area contributed by atoms with Crippen LogP contribution in [-0.2, 0) is 22.7 Å². The second kappa shape index (κ2) is 9.69. The second-order valence-electron chi connectivity index (χ2n) is 6.82. The molecule has 0 aliphatic carbocycles. The van der Waals surface area contributed by atoms with Crippen LogP contribution in [0.15, 0.2) is 84.3 Å². The van der Waals surface area contributed by atoms with Gasteiger partial charge >= 0.3 is 6.18 Å². The Balaban J connectivity index is 1.59. The number of hydrogen-bond acceptors (Lipinski definition) is 3. The van der Waals surface area contributed by atoms with Crippen molar-refractivity contribution in [3.8, 4) is 0 Å². The Labute approximate surface area is 183 Å². The highest BCUT2D eigenvalue weighted by Crippen LogP contribution is 2.29. The minimum atomic E-state index is -4.46. The number of carbonyl (C=O) groups is 1. The maximum Gasteiger partial charge on any atom is 0.416 e. The van der Waals surface area contributed by atoms with Gasteiger partial charge in [-0.3, -0.25) is 9.52 Å². The molecule has 1 amide bonds. The smallest absolute Gasteiger partial charge is 0.348 e. The van der Waals surface area contributed by atoms with Gasteiger partial charge in [0.1, 0.15) is 0 Å². The van der Waals surface area contributed by atoms with Crippen molar-refractivity contribution in [2.45, 2.75) is 12.7 Å². The van der Waals surface area contributed by atoms with Crippen LogP contribution >= 0.6 is 0 Å². The van der Waals surface area contributed by atoms with E-state index in [0.29, 0.717) is 5.56 Å².